The normalized spacial score (nSPS) is 15.6. The molecule has 2 aromatic rings. The first-order chi connectivity index (χ1) is 11.6. The molecule has 0 unspecified atom stereocenters. The van der Waals surface area contributed by atoms with E-state index in [2.05, 4.69) is 35.2 Å². The van der Waals surface area contributed by atoms with Crippen LogP contribution in [0, 0.1) is 17.2 Å². The first kappa shape index (κ1) is 16.4. The molecule has 0 aromatic carbocycles. The number of rotatable bonds is 5. The molecular weight excluding hydrogens is 304 g/mol. The zero-order chi connectivity index (χ0) is 17.1. The van der Waals surface area contributed by atoms with Gasteiger partial charge >= 0.3 is 0 Å². The third kappa shape index (κ3) is 3.23. The summed E-state index contributed by atoms with van der Waals surface area (Å²) in [5.74, 6) is 0.599. The molecular formula is C17H22N6O. The van der Waals surface area contributed by atoms with E-state index in [-0.39, 0.29) is 5.78 Å². The van der Waals surface area contributed by atoms with Gasteiger partial charge in [0, 0.05) is 25.7 Å². The number of hydrogen-bond donors (Lipinski definition) is 0. The monoisotopic (exact) mass is 326 g/mol. The molecule has 0 amide bonds. The molecule has 1 atom stereocenters. The van der Waals surface area contributed by atoms with Gasteiger partial charge in [0.15, 0.2) is 17.5 Å². The van der Waals surface area contributed by atoms with Crippen LogP contribution in [0.3, 0.4) is 0 Å². The average molecular weight is 326 g/mol. The molecule has 2 aromatic heterocycles. The number of fused-ring (bicyclic) bond motifs is 1. The van der Waals surface area contributed by atoms with Gasteiger partial charge in [0.1, 0.15) is 5.82 Å². The summed E-state index contributed by atoms with van der Waals surface area (Å²) < 4.78 is 3.70. The van der Waals surface area contributed by atoms with E-state index in [9.17, 15) is 10.1 Å². The standard InChI is InChI=1S/C17H22N6O/c1-12(2)10-22-11-13(9-19-22)16(24)14(8-18)17-21-20-15-6-4-3-5-7-23(15)17/h9,11-12,14H,3-7,10H2,1-2H3/t14-/m1/s1. The lowest BCUT2D eigenvalue weighted by Crippen LogP contribution is -2.17. The van der Waals surface area contributed by atoms with Crippen molar-refractivity contribution in [3.63, 3.8) is 0 Å². The van der Waals surface area contributed by atoms with Gasteiger partial charge in [0.2, 0.25) is 0 Å². The number of nitriles is 1. The number of carbonyl (C=O) groups is 1. The molecule has 0 spiro atoms. The van der Waals surface area contributed by atoms with Crippen molar-refractivity contribution >= 4 is 5.78 Å². The minimum atomic E-state index is -0.930. The second-order valence-electron chi connectivity index (χ2n) is 6.71. The summed E-state index contributed by atoms with van der Waals surface area (Å²) in [7, 11) is 0. The molecule has 3 rings (SSSR count). The van der Waals surface area contributed by atoms with E-state index in [0.717, 1.165) is 44.6 Å². The first-order valence-corrected chi connectivity index (χ1v) is 8.48. The van der Waals surface area contributed by atoms with Gasteiger partial charge in [0.05, 0.1) is 17.8 Å². The van der Waals surface area contributed by atoms with Crippen LogP contribution in [-0.4, -0.2) is 30.3 Å². The molecule has 24 heavy (non-hydrogen) atoms. The first-order valence-electron chi connectivity index (χ1n) is 8.48. The third-order valence-electron chi connectivity index (χ3n) is 4.26. The Bertz CT molecular complexity index is 766. The van der Waals surface area contributed by atoms with Gasteiger partial charge in [-0.05, 0) is 18.8 Å². The van der Waals surface area contributed by atoms with Crippen LogP contribution >= 0.6 is 0 Å². The summed E-state index contributed by atoms with van der Waals surface area (Å²) in [4.78, 5) is 12.8. The highest BCUT2D eigenvalue weighted by atomic mass is 16.1. The fourth-order valence-electron chi connectivity index (χ4n) is 3.09. The number of Topliss-reactive ketones (excluding diaryl/α,β-unsaturated/α-hetero) is 1. The lowest BCUT2D eigenvalue weighted by molar-refractivity contribution is 0.0974. The molecule has 0 N–H and O–H groups in total. The second kappa shape index (κ2) is 6.95. The zero-order valence-electron chi connectivity index (χ0n) is 14.1. The Morgan fingerprint density at radius 2 is 2.17 bits per heavy atom. The van der Waals surface area contributed by atoms with Gasteiger partial charge in [-0.25, -0.2) is 0 Å². The number of aromatic nitrogens is 5. The zero-order valence-corrected chi connectivity index (χ0v) is 14.1. The van der Waals surface area contributed by atoms with Crippen molar-refractivity contribution in [3.8, 4) is 6.07 Å². The maximum atomic E-state index is 12.8. The number of hydrogen-bond acceptors (Lipinski definition) is 5. The maximum Gasteiger partial charge on any atom is 0.190 e. The van der Waals surface area contributed by atoms with E-state index in [0.29, 0.717) is 17.3 Å². The largest absolute Gasteiger partial charge is 0.313 e. The van der Waals surface area contributed by atoms with Crippen molar-refractivity contribution < 1.29 is 4.79 Å². The highest BCUT2D eigenvalue weighted by Gasteiger charge is 2.29. The van der Waals surface area contributed by atoms with Gasteiger partial charge in [-0.2, -0.15) is 10.4 Å². The summed E-state index contributed by atoms with van der Waals surface area (Å²) in [5.41, 5.74) is 0.452. The van der Waals surface area contributed by atoms with Crippen LogP contribution in [0.15, 0.2) is 12.4 Å². The van der Waals surface area contributed by atoms with Crippen LogP contribution in [0.2, 0.25) is 0 Å². The molecule has 126 valence electrons. The smallest absolute Gasteiger partial charge is 0.190 e. The van der Waals surface area contributed by atoms with Gasteiger partial charge in [-0.15, -0.1) is 10.2 Å². The number of carbonyl (C=O) groups excluding carboxylic acids is 1. The molecule has 7 nitrogen and oxygen atoms in total. The van der Waals surface area contributed by atoms with E-state index >= 15 is 0 Å². The maximum absolute atomic E-state index is 12.8. The Morgan fingerprint density at radius 3 is 2.92 bits per heavy atom. The molecule has 0 saturated carbocycles. The Balaban J connectivity index is 1.86. The van der Waals surface area contributed by atoms with E-state index in [1.807, 2.05) is 4.57 Å². The quantitative estimate of drug-likeness (QED) is 0.787. The molecule has 0 fully saturated rings. The van der Waals surface area contributed by atoms with Gasteiger partial charge < -0.3 is 4.57 Å². The lowest BCUT2D eigenvalue weighted by Gasteiger charge is -2.10. The van der Waals surface area contributed by atoms with Crippen molar-refractivity contribution in [3.05, 3.63) is 29.6 Å². The molecule has 1 aliphatic rings. The minimum Gasteiger partial charge on any atom is -0.313 e. The SMILES string of the molecule is CC(C)Cn1cc(C(=O)[C@@H](C#N)c2nnc3n2CCCCC3)cn1. The molecule has 3 heterocycles. The highest BCUT2D eigenvalue weighted by Crippen LogP contribution is 2.23. The van der Waals surface area contributed by atoms with Crippen molar-refractivity contribution in [1.82, 2.24) is 24.5 Å². The minimum absolute atomic E-state index is 0.257. The van der Waals surface area contributed by atoms with Crippen LogP contribution in [0.1, 0.15) is 61.0 Å². The second-order valence-corrected chi connectivity index (χ2v) is 6.71. The van der Waals surface area contributed by atoms with Crippen molar-refractivity contribution in [2.75, 3.05) is 0 Å². The summed E-state index contributed by atoms with van der Waals surface area (Å²) in [5, 5.41) is 22.1. The molecule has 0 bridgehead atoms. The van der Waals surface area contributed by atoms with E-state index < -0.39 is 5.92 Å². The predicted octanol–water partition coefficient (Wildman–Crippen LogP) is 2.35. The Kier molecular flexibility index (Phi) is 4.74. The molecule has 0 aliphatic carbocycles. The number of ketones is 1. The summed E-state index contributed by atoms with van der Waals surface area (Å²) in [6.45, 7) is 5.69. The fraction of sp³-hybridized carbons (Fsp3) is 0.588. The van der Waals surface area contributed by atoms with E-state index in [1.165, 1.54) is 6.20 Å². The van der Waals surface area contributed by atoms with E-state index in [4.69, 9.17) is 0 Å². The topological polar surface area (TPSA) is 89.4 Å². The van der Waals surface area contributed by atoms with Gasteiger partial charge in [-0.3, -0.25) is 9.48 Å². The summed E-state index contributed by atoms with van der Waals surface area (Å²) in [6, 6.07) is 2.11. The number of nitrogens with zero attached hydrogens (tertiary/aromatic N) is 6. The molecule has 0 radical (unpaired) electrons. The summed E-state index contributed by atoms with van der Waals surface area (Å²) >= 11 is 0. The fourth-order valence-corrected chi connectivity index (χ4v) is 3.09. The Labute approximate surface area is 141 Å². The Hall–Kier alpha value is -2.49. The van der Waals surface area contributed by atoms with Gasteiger partial charge in [0.25, 0.3) is 0 Å². The average Bonchev–Trinajstić information content (AvgIpc) is 3.09. The Morgan fingerprint density at radius 1 is 1.33 bits per heavy atom. The predicted molar refractivity (Wildman–Crippen MR) is 87.3 cm³/mol. The van der Waals surface area contributed by atoms with Crippen LogP contribution in [0.4, 0.5) is 0 Å². The van der Waals surface area contributed by atoms with Crippen molar-refractivity contribution in [2.24, 2.45) is 5.92 Å². The number of aryl methyl sites for hydroxylation is 1. The van der Waals surface area contributed by atoms with Crippen LogP contribution in [0.25, 0.3) is 0 Å². The lowest BCUT2D eigenvalue weighted by atomic mass is 10.0. The van der Waals surface area contributed by atoms with Crippen molar-refractivity contribution in [2.45, 2.75) is 58.5 Å². The molecule has 1 aliphatic heterocycles. The molecule has 7 heteroatoms. The van der Waals surface area contributed by atoms with Crippen molar-refractivity contribution in [1.29, 1.82) is 5.26 Å². The highest BCUT2D eigenvalue weighted by molar-refractivity contribution is 6.01. The van der Waals surface area contributed by atoms with Crippen LogP contribution < -0.4 is 0 Å². The van der Waals surface area contributed by atoms with Crippen LogP contribution in [0.5, 0.6) is 0 Å². The van der Waals surface area contributed by atoms with Gasteiger partial charge in [-0.1, -0.05) is 20.3 Å². The molecule has 0 saturated heterocycles. The third-order valence-corrected chi connectivity index (χ3v) is 4.26. The van der Waals surface area contributed by atoms with Crippen LogP contribution in [-0.2, 0) is 19.5 Å². The van der Waals surface area contributed by atoms with E-state index in [1.54, 1.807) is 10.9 Å². The summed E-state index contributed by atoms with van der Waals surface area (Å²) in [6.07, 6.45) is 7.34.